The maximum Gasteiger partial charge on any atom is 0.180 e. The van der Waals surface area contributed by atoms with Crippen molar-refractivity contribution in [3.8, 4) is 0 Å². The lowest BCUT2D eigenvalue weighted by Gasteiger charge is -2.42. The van der Waals surface area contributed by atoms with E-state index in [1.54, 1.807) is 13.8 Å². The fraction of sp³-hybridized carbons (Fsp3) is 1.00. The molecule has 2 aliphatic rings. The summed E-state index contributed by atoms with van der Waals surface area (Å²) in [6, 6.07) is -0.533. The van der Waals surface area contributed by atoms with E-state index >= 15 is 0 Å². The molecule has 0 spiro atoms. The molecule has 0 aromatic heterocycles. The molecule has 12 heteroatoms. The van der Waals surface area contributed by atoms with Crippen molar-refractivity contribution in [1.29, 1.82) is 0 Å². The van der Waals surface area contributed by atoms with E-state index in [1.807, 2.05) is 0 Å². The summed E-state index contributed by atoms with van der Waals surface area (Å²) in [5, 5.41) is 47.2. The van der Waals surface area contributed by atoms with Crippen LogP contribution in [-0.4, -0.2) is 107 Å². The first-order valence-electron chi connectivity index (χ1n) is 10.8. The number of aliphatic hydroxyl groups excluding tert-OH is 5. The maximum atomic E-state index is 10.0. The molecule has 1 aliphatic carbocycles. The minimum absolute atomic E-state index is 0.0717. The molecule has 0 aromatic rings. The summed E-state index contributed by atoms with van der Waals surface area (Å²) in [6.07, 6.45) is -4.97. The number of nitrogens with two attached hydrogens (primary N) is 4. The fourth-order valence-corrected chi connectivity index (χ4v) is 3.36. The van der Waals surface area contributed by atoms with Gasteiger partial charge in [0, 0.05) is 31.7 Å². The van der Waals surface area contributed by atoms with E-state index in [0.717, 1.165) is 0 Å². The second kappa shape index (κ2) is 16.2. The summed E-state index contributed by atoms with van der Waals surface area (Å²) in [5.41, 5.74) is 21.7. The average molecular weight is 457 g/mol. The van der Waals surface area contributed by atoms with Gasteiger partial charge < -0.3 is 62.7 Å². The van der Waals surface area contributed by atoms with Gasteiger partial charge in [-0.15, -0.1) is 0 Å². The molecule has 0 amide bonds. The molecule has 0 radical (unpaired) electrons. The van der Waals surface area contributed by atoms with Crippen molar-refractivity contribution in [2.24, 2.45) is 22.9 Å². The van der Waals surface area contributed by atoms with Crippen LogP contribution in [0.5, 0.6) is 0 Å². The van der Waals surface area contributed by atoms with Crippen LogP contribution in [-0.2, 0) is 14.2 Å². The molecule has 1 saturated heterocycles. The predicted molar refractivity (Wildman–Crippen MR) is 114 cm³/mol. The number of aliphatic hydroxyl groups is 5. The van der Waals surface area contributed by atoms with Crippen LogP contribution in [0.25, 0.3) is 0 Å². The van der Waals surface area contributed by atoms with Gasteiger partial charge in [-0.1, -0.05) is 6.92 Å². The summed E-state index contributed by atoms with van der Waals surface area (Å²) in [5.74, 6) is 0. The Balaban J connectivity index is 0.000000692. The van der Waals surface area contributed by atoms with Gasteiger partial charge in [0.05, 0.1) is 12.2 Å². The Labute approximate surface area is 184 Å². The zero-order chi connectivity index (χ0) is 24.1. The van der Waals surface area contributed by atoms with Crippen LogP contribution in [0.15, 0.2) is 0 Å². The number of ether oxygens (including phenoxy) is 3. The van der Waals surface area contributed by atoms with Crippen LogP contribution in [0.4, 0.5) is 0 Å². The van der Waals surface area contributed by atoms with Gasteiger partial charge in [0.25, 0.3) is 0 Å². The van der Waals surface area contributed by atoms with Crippen LogP contribution in [0.1, 0.15) is 39.5 Å². The van der Waals surface area contributed by atoms with Gasteiger partial charge in [0.1, 0.15) is 24.4 Å². The summed E-state index contributed by atoms with van der Waals surface area (Å²) in [7, 11) is 1.50. The molecule has 188 valence electrons. The smallest absolute Gasteiger partial charge is 0.180 e. The van der Waals surface area contributed by atoms with E-state index in [2.05, 4.69) is 5.73 Å². The van der Waals surface area contributed by atoms with Gasteiger partial charge in [0.15, 0.2) is 12.6 Å². The van der Waals surface area contributed by atoms with Gasteiger partial charge in [0.2, 0.25) is 0 Å². The minimum atomic E-state index is -1.03. The van der Waals surface area contributed by atoms with Crippen molar-refractivity contribution < 1.29 is 39.7 Å². The lowest BCUT2D eigenvalue weighted by atomic mass is 9.87. The third-order valence-electron chi connectivity index (χ3n) is 5.08. The van der Waals surface area contributed by atoms with Crippen LogP contribution >= 0.6 is 0 Å². The number of rotatable bonds is 7. The Kier molecular flexibility index (Phi) is 15.9. The summed E-state index contributed by atoms with van der Waals surface area (Å²) in [6.45, 7) is 4.05. The number of hydrogen-bond acceptors (Lipinski definition) is 12. The highest BCUT2D eigenvalue weighted by Crippen LogP contribution is 2.26. The SMILES string of the molecule is CCOC(O)C(O)CC.CN.NCC1O[C@H](O[C@@H]2C(N)CC(N)CC2O)CC(O)[C@@H]1O. The molecule has 12 nitrogen and oxygen atoms in total. The third kappa shape index (κ3) is 10.3. The van der Waals surface area contributed by atoms with Crippen LogP contribution in [0.3, 0.4) is 0 Å². The van der Waals surface area contributed by atoms with Gasteiger partial charge in [-0.2, -0.15) is 0 Å². The highest BCUT2D eigenvalue weighted by molar-refractivity contribution is 4.92. The van der Waals surface area contributed by atoms with E-state index in [9.17, 15) is 15.3 Å². The highest BCUT2D eigenvalue weighted by atomic mass is 16.7. The molecule has 7 unspecified atom stereocenters. The van der Waals surface area contributed by atoms with Gasteiger partial charge in [-0.05, 0) is 33.2 Å². The Hall–Kier alpha value is -0.480. The first-order chi connectivity index (χ1) is 14.6. The van der Waals surface area contributed by atoms with E-state index in [-0.39, 0.29) is 19.0 Å². The molecule has 31 heavy (non-hydrogen) atoms. The molecule has 10 atom stereocenters. The summed E-state index contributed by atoms with van der Waals surface area (Å²) < 4.78 is 15.9. The molecule has 0 aromatic carbocycles. The molecule has 0 bridgehead atoms. The first kappa shape index (κ1) is 30.5. The molecular weight excluding hydrogens is 412 g/mol. The fourth-order valence-electron chi connectivity index (χ4n) is 3.36. The standard InChI is InChI=1S/C12H25N3O5.C6H14O3.CH5N/c13-4-9-11(18)7(16)3-10(19-9)20-12-6(15)1-5(14)2-8(12)17;1-3-5(7)6(8)9-4-2;1-2/h5-12,16-18H,1-4,13-15H2;5-8H,3-4H2,1-2H3;2H2,1H3/t5?,6?,7?,8?,9?,10-,11+,12-;;/m1../s1. The van der Waals surface area contributed by atoms with Crippen molar-refractivity contribution in [3.05, 3.63) is 0 Å². The van der Waals surface area contributed by atoms with Gasteiger partial charge in [-0.3, -0.25) is 0 Å². The lowest BCUT2D eigenvalue weighted by Crippen LogP contribution is -2.58. The Morgan fingerprint density at radius 1 is 1.00 bits per heavy atom. The number of hydrogen-bond donors (Lipinski definition) is 9. The van der Waals surface area contributed by atoms with Crippen LogP contribution < -0.4 is 22.9 Å². The summed E-state index contributed by atoms with van der Waals surface area (Å²) in [4.78, 5) is 0. The van der Waals surface area contributed by atoms with Crippen LogP contribution in [0, 0.1) is 0 Å². The zero-order valence-electron chi connectivity index (χ0n) is 18.8. The summed E-state index contributed by atoms with van der Waals surface area (Å²) >= 11 is 0. The molecule has 2 rings (SSSR count). The first-order valence-corrected chi connectivity index (χ1v) is 10.8. The maximum absolute atomic E-state index is 10.0. The monoisotopic (exact) mass is 456 g/mol. The topological polar surface area (TPSA) is 233 Å². The molecule has 13 N–H and O–H groups in total. The second-order valence-electron chi connectivity index (χ2n) is 7.52. The lowest BCUT2D eigenvalue weighted by molar-refractivity contribution is -0.274. The average Bonchev–Trinajstić information content (AvgIpc) is 2.74. The van der Waals surface area contributed by atoms with Crippen molar-refractivity contribution in [2.45, 2.75) is 101 Å². The molecule has 1 heterocycles. The van der Waals surface area contributed by atoms with Crippen molar-refractivity contribution >= 4 is 0 Å². The second-order valence-corrected chi connectivity index (χ2v) is 7.52. The highest BCUT2D eigenvalue weighted by Gasteiger charge is 2.41. The van der Waals surface area contributed by atoms with Gasteiger partial charge in [-0.25, -0.2) is 0 Å². The zero-order valence-corrected chi connectivity index (χ0v) is 18.8. The Bertz CT molecular complexity index is 441. The Morgan fingerprint density at radius 2 is 1.61 bits per heavy atom. The Morgan fingerprint density at radius 3 is 2.10 bits per heavy atom. The normalized spacial score (nSPS) is 37.5. The predicted octanol–water partition coefficient (Wildman–Crippen LogP) is -3.34. The molecule has 1 aliphatic heterocycles. The van der Waals surface area contributed by atoms with E-state index in [4.69, 9.17) is 41.6 Å². The molecule has 1 saturated carbocycles. The largest absolute Gasteiger partial charge is 0.390 e. The van der Waals surface area contributed by atoms with E-state index in [0.29, 0.717) is 25.9 Å². The van der Waals surface area contributed by atoms with Crippen LogP contribution in [0.2, 0.25) is 0 Å². The molecule has 2 fully saturated rings. The minimum Gasteiger partial charge on any atom is -0.390 e. The van der Waals surface area contributed by atoms with E-state index in [1.165, 1.54) is 7.05 Å². The van der Waals surface area contributed by atoms with Crippen molar-refractivity contribution in [2.75, 3.05) is 20.2 Å². The van der Waals surface area contributed by atoms with Gasteiger partial charge >= 0.3 is 0 Å². The quantitative estimate of drug-likeness (QED) is 0.171. The third-order valence-corrected chi connectivity index (χ3v) is 5.08. The van der Waals surface area contributed by atoms with Crippen molar-refractivity contribution in [1.82, 2.24) is 0 Å². The van der Waals surface area contributed by atoms with Crippen molar-refractivity contribution in [3.63, 3.8) is 0 Å². The van der Waals surface area contributed by atoms with E-state index < -0.39 is 55.2 Å². The molecular formula is C19H44N4O8.